The van der Waals surface area contributed by atoms with Crippen molar-refractivity contribution in [2.45, 2.75) is 19.9 Å². The number of oxime groups is 1. The Kier molecular flexibility index (Phi) is 5.49. The zero-order valence-corrected chi connectivity index (χ0v) is 10.3. The summed E-state index contributed by atoms with van der Waals surface area (Å²) in [6.45, 7) is 3.68. The number of hydrogen-bond acceptors (Lipinski definition) is 4. The van der Waals surface area contributed by atoms with Crippen molar-refractivity contribution >= 4 is 24.1 Å². The fraction of sp³-hybridized carbons (Fsp3) is 0.778. The molecule has 0 heterocycles. The van der Waals surface area contributed by atoms with E-state index in [0.717, 1.165) is 0 Å². The molecule has 0 aromatic carbocycles. The van der Waals surface area contributed by atoms with Gasteiger partial charge in [0.15, 0.2) is 0 Å². The molecule has 88 valence electrons. The highest BCUT2D eigenvalue weighted by molar-refractivity contribution is 7.98. The minimum atomic E-state index is -0.978. The third kappa shape index (κ3) is 3.99. The largest absolute Gasteiger partial charge is 0.465 e. The lowest BCUT2D eigenvalue weighted by Crippen LogP contribution is -2.48. The number of nitrogens with zero attached hydrogens (tertiary/aromatic N) is 2. The van der Waals surface area contributed by atoms with Crippen LogP contribution in [0.15, 0.2) is 5.16 Å². The molecule has 0 aliphatic rings. The minimum Gasteiger partial charge on any atom is -0.465 e. The van der Waals surface area contributed by atoms with Gasteiger partial charge in [0.25, 0.3) is 0 Å². The van der Waals surface area contributed by atoms with Crippen molar-refractivity contribution in [2.75, 3.05) is 19.1 Å². The van der Waals surface area contributed by atoms with E-state index in [1.54, 1.807) is 11.8 Å². The summed E-state index contributed by atoms with van der Waals surface area (Å²) in [6, 6.07) is -0.221. The summed E-state index contributed by atoms with van der Waals surface area (Å²) in [5.41, 5.74) is -0.495. The lowest BCUT2D eigenvalue weighted by atomic mass is 9.86. The molecule has 0 bridgehead atoms. The number of hydrogen-bond donors (Lipinski definition) is 2. The maximum atomic E-state index is 10.9. The fourth-order valence-corrected chi connectivity index (χ4v) is 2.32. The molecule has 0 aromatic heterocycles. The van der Waals surface area contributed by atoms with E-state index >= 15 is 0 Å². The van der Waals surface area contributed by atoms with E-state index in [0.29, 0.717) is 5.75 Å². The first kappa shape index (κ1) is 14.1. The number of carbonyl (C=O) groups is 1. The van der Waals surface area contributed by atoms with Crippen molar-refractivity contribution in [3.63, 3.8) is 0 Å². The number of rotatable bonds is 5. The summed E-state index contributed by atoms with van der Waals surface area (Å²) in [7, 11) is 1.52. The molecule has 0 aromatic rings. The second-order valence-electron chi connectivity index (χ2n) is 3.93. The van der Waals surface area contributed by atoms with Crippen molar-refractivity contribution in [1.82, 2.24) is 4.90 Å². The van der Waals surface area contributed by atoms with Crippen LogP contribution in [0, 0.1) is 5.41 Å². The number of carboxylic acid groups (broad SMARTS) is 1. The average Bonchev–Trinajstić information content (AvgIpc) is 2.12. The molecule has 5 nitrogen and oxygen atoms in total. The molecule has 2 N–H and O–H groups in total. The first-order valence-corrected chi connectivity index (χ1v) is 5.89. The molecule has 0 saturated heterocycles. The standard InChI is InChI=1S/C9H18N2O3S/c1-9(2,6-10-14)7(5-15-4)11(3)8(12)13/h6-7,14H,5H2,1-4H3,(H,12,13). The molecule has 0 saturated carbocycles. The second-order valence-corrected chi connectivity index (χ2v) is 4.84. The highest BCUT2D eigenvalue weighted by Gasteiger charge is 2.33. The molecular formula is C9H18N2O3S. The smallest absolute Gasteiger partial charge is 0.407 e. The molecule has 0 radical (unpaired) electrons. The third-order valence-electron chi connectivity index (χ3n) is 2.34. The van der Waals surface area contributed by atoms with E-state index in [4.69, 9.17) is 10.3 Å². The molecule has 0 fully saturated rings. The van der Waals surface area contributed by atoms with E-state index in [9.17, 15) is 4.79 Å². The summed E-state index contributed by atoms with van der Waals surface area (Å²) in [5.74, 6) is 0.655. The van der Waals surface area contributed by atoms with Crippen LogP contribution in [0.2, 0.25) is 0 Å². The zero-order valence-electron chi connectivity index (χ0n) is 9.47. The van der Waals surface area contributed by atoms with Crippen LogP contribution in [-0.4, -0.2) is 52.6 Å². The predicted octanol–water partition coefficient (Wildman–Crippen LogP) is 1.81. The molecule has 1 amide bonds. The third-order valence-corrected chi connectivity index (χ3v) is 2.99. The van der Waals surface area contributed by atoms with Crippen LogP contribution < -0.4 is 0 Å². The van der Waals surface area contributed by atoms with Gasteiger partial charge in [-0.1, -0.05) is 13.8 Å². The predicted molar refractivity (Wildman–Crippen MR) is 62.0 cm³/mol. The fourth-order valence-electron chi connectivity index (χ4n) is 1.35. The highest BCUT2D eigenvalue weighted by Crippen LogP contribution is 2.25. The lowest BCUT2D eigenvalue weighted by molar-refractivity contribution is 0.122. The Labute approximate surface area is 94.1 Å². The highest BCUT2D eigenvalue weighted by atomic mass is 32.2. The molecular weight excluding hydrogens is 216 g/mol. The van der Waals surface area contributed by atoms with E-state index in [2.05, 4.69) is 5.16 Å². The molecule has 6 heteroatoms. The quantitative estimate of drug-likeness (QED) is 0.432. The Morgan fingerprint density at radius 1 is 1.67 bits per heavy atom. The van der Waals surface area contributed by atoms with Gasteiger partial charge >= 0.3 is 6.09 Å². The van der Waals surface area contributed by atoms with Gasteiger partial charge in [0.1, 0.15) is 0 Å². The normalized spacial score (nSPS) is 14.1. The van der Waals surface area contributed by atoms with Crippen LogP contribution >= 0.6 is 11.8 Å². The summed E-state index contributed by atoms with van der Waals surface area (Å²) in [4.78, 5) is 12.1. The summed E-state index contributed by atoms with van der Waals surface area (Å²) >= 11 is 1.56. The minimum absolute atomic E-state index is 0.221. The van der Waals surface area contributed by atoms with Gasteiger partial charge in [-0.15, -0.1) is 5.16 Å². The van der Waals surface area contributed by atoms with E-state index in [1.165, 1.54) is 18.2 Å². The Balaban J connectivity index is 4.86. The van der Waals surface area contributed by atoms with Crippen LogP contribution in [0.1, 0.15) is 13.8 Å². The van der Waals surface area contributed by atoms with E-state index < -0.39 is 11.5 Å². The Hall–Kier alpha value is -0.910. The molecule has 0 spiro atoms. The molecule has 0 aliphatic heterocycles. The van der Waals surface area contributed by atoms with Crippen molar-refractivity contribution < 1.29 is 15.1 Å². The Morgan fingerprint density at radius 2 is 2.20 bits per heavy atom. The first-order valence-electron chi connectivity index (χ1n) is 4.50. The van der Waals surface area contributed by atoms with Crippen LogP contribution in [0.4, 0.5) is 4.79 Å². The monoisotopic (exact) mass is 234 g/mol. The van der Waals surface area contributed by atoms with Crippen molar-refractivity contribution in [3.8, 4) is 0 Å². The van der Waals surface area contributed by atoms with Crippen LogP contribution in [-0.2, 0) is 0 Å². The van der Waals surface area contributed by atoms with Crippen LogP contribution in [0.5, 0.6) is 0 Å². The summed E-state index contributed by atoms with van der Waals surface area (Å²) in [6.07, 6.45) is 2.30. The van der Waals surface area contributed by atoms with E-state index in [-0.39, 0.29) is 6.04 Å². The molecule has 1 atom stereocenters. The van der Waals surface area contributed by atoms with Gasteiger partial charge < -0.3 is 15.2 Å². The molecule has 1 unspecified atom stereocenters. The molecule has 15 heavy (non-hydrogen) atoms. The maximum Gasteiger partial charge on any atom is 0.407 e. The number of amides is 1. The number of thioether (sulfide) groups is 1. The van der Waals surface area contributed by atoms with Crippen LogP contribution in [0.25, 0.3) is 0 Å². The Bertz CT molecular complexity index is 244. The van der Waals surface area contributed by atoms with Crippen molar-refractivity contribution in [3.05, 3.63) is 0 Å². The zero-order chi connectivity index (χ0) is 12.1. The van der Waals surface area contributed by atoms with Gasteiger partial charge in [-0.25, -0.2) is 4.79 Å². The second kappa shape index (κ2) is 5.85. The van der Waals surface area contributed by atoms with Gasteiger partial charge in [0.2, 0.25) is 0 Å². The van der Waals surface area contributed by atoms with Gasteiger partial charge in [-0.2, -0.15) is 11.8 Å². The van der Waals surface area contributed by atoms with E-state index in [1.807, 2.05) is 20.1 Å². The maximum absolute atomic E-state index is 10.9. The Morgan fingerprint density at radius 3 is 2.53 bits per heavy atom. The van der Waals surface area contributed by atoms with Gasteiger partial charge in [0.05, 0.1) is 12.3 Å². The topological polar surface area (TPSA) is 73.1 Å². The molecule has 0 rings (SSSR count). The lowest BCUT2D eigenvalue weighted by Gasteiger charge is -2.35. The van der Waals surface area contributed by atoms with Gasteiger partial charge in [0, 0.05) is 18.2 Å². The average molecular weight is 234 g/mol. The SMILES string of the molecule is CSCC(N(C)C(=O)O)C(C)(C)C=NO. The molecule has 0 aliphatic carbocycles. The van der Waals surface area contributed by atoms with Gasteiger partial charge in [-0.05, 0) is 6.26 Å². The summed E-state index contributed by atoms with van der Waals surface area (Å²) < 4.78 is 0. The first-order chi connectivity index (χ1) is 6.86. The van der Waals surface area contributed by atoms with Crippen LogP contribution in [0.3, 0.4) is 0 Å². The summed E-state index contributed by atoms with van der Waals surface area (Å²) in [5, 5.41) is 20.5. The van der Waals surface area contributed by atoms with Crippen molar-refractivity contribution in [2.24, 2.45) is 10.6 Å². The van der Waals surface area contributed by atoms with Crippen molar-refractivity contribution in [1.29, 1.82) is 0 Å². The van der Waals surface area contributed by atoms with Gasteiger partial charge in [-0.3, -0.25) is 0 Å².